The van der Waals surface area contributed by atoms with Crippen LogP contribution in [0.3, 0.4) is 0 Å². The Hall–Kier alpha value is -0.0800. The molecule has 0 aromatic heterocycles. The lowest BCUT2D eigenvalue weighted by molar-refractivity contribution is 0.382. The Morgan fingerprint density at radius 1 is 1.55 bits per heavy atom. The molecule has 0 saturated heterocycles. The maximum absolute atomic E-state index is 12.9. The molecule has 0 aliphatic rings. The van der Waals surface area contributed by atoms with Gasteiger partial charge in [0.15, 0.2) is 0 Å². The maximum Gasteiger partial charge on any atom is 0.135 e. The van der Waals surface area contributed by atoms with Crippen molar-refractivity contribution >= 4 is 27.5 Å². The van der Waals surface area contributed by atoms with Crippen LogP contribution >= 0.6 is 27.5 Å². The van der Waals surface area contributed by atoms with Crippen molar-refractivity contribution in [3.05, 3.63) is 34.9 Å². The van der Waals surface area contributed by atoms with Crippen molar-refractivity contribution in [1.29, 1.82) is 0 Å². The van der Waals surface area contributed by atoms with Crippen LogP contribution in [0, 0.1) is 0 Å². The molecule has 0 heterocycles. The molecule has 0 amide bonds. The van der Waals surface area contributed by atoms with E-state index in [4.69, 9.17) is 11.6 Å². The van der Waals surface area contributed by atoms with E-state index in [0.717, 1.165) is 0 Å². The fourth-order valence-electron chi connectivity index (χ4n) is 0.791. The number of hydrogen-bond donors (Lipinski definition) is 0. The van der Waals surface area contributed by atoms with Crippen LogP contribution in [-0.2, 0) is 0 Å². The van der Waals surface area contributed by atoms with E-state index in [2.05, 4.69) is 15.9 Å². The van der Waals surface area contributed by atoms with Crippen LogP contribution in [0.1, 0.15) is 11.7 Å². The van der Waals surface area contributed by atoms with Gasteiger partial charge >= 0.3 is 0 Å². The monoisotopic (exact) mass is 236 g/mol. The van der Waals surface area contributed by atoms with Gasteiger partial charge in [0.25, 0.3) is 0 Å². The first-order valence-electron chi connectivity index (χ1n) is 3.19. The van der Waals surface area contributed by atoms with Crippen LogP contribution < -0.4 is 0 Å². The molecule has 0 saturated carbocycles. The van der Waals surface area contributed by atoms with Crippen molar-refractivity contribution in [2.45, 2.75) is 6.17 Å². The number of hydrogen-bond acceptors (Lipinski definition) is 0. The van der Waals surface area contributed by atoms with E-state index in [-0.39, 0.29) is 0 Å². The molecule has 0 aliphatic carbocycles. The van der Waals surface area contributed by atoms with Gasteiger partial charge in [-0.05, 0) is 17.7 Å². The maximum atomic E-state index is 12.9. The first-order chi connectivity index (χ1) is 5.24. The van der Waals surface area contributed by atoms with Gasteiger partial charge in [-0.15, -0.1) is 0 Å². The predicted octanol–water partition coefficient (Wildman–Crippen LogP) is 3.75. The topological polar surface area (TPSA) is 0 Å². The largest absolute Gasteiger partial charge is 0.241 e. The molecule has 1 aromatic carbocycles. The fraction of sp³-hybridized carbons (Fsp3) is 0.250. The Morgan fingerprint density at radius 3 is 2.82 bits per heavy atom. The third-order valence-electron chi connectivity index (χ3n) is 1.35. The Morgan fingerprint density at radius 2 is 2.27 bits per heavy atom. The predicted molar refractivity (Wildman–Crippen MR) is 49.1 cm³/mol. The number of benzene rings is 1. The highest BCUT2D eigenvalue weighted by Crippen LogP contribution is 2.22. The van der Waals surface area contributed by atoms with Gasteiger partial charge in [-0.2, -0.15) is 0 Å². The average Bonchev–Trinajstić information content (AvgIpc) is 2.03. The van der Waals surface area contributed by atoms with Crippen LogP contribution in [-0.4, -0.2) is 5.33 Å². The van der Waals surface area contributed by atoms with Gasteiger partial charge in [0.05, 0.1) is 0 Å². The lowest BCUT2D eigenvalue weighted by Gasteiger charge is -2.03. The molecular formula is C8H7BrClF. The number of rotatable bonds is 2. The summed E-state index contributed by atoms with van der Waals surface area (Å²) in [7, 11) is 0. The second kappa shape index (κ2) is 4.07. The lowest BCUT2D eigenvalue weighted by Crippen LogP contribution is -1.91. The zero-order chi connectivity index (χ0) is 8.27. The first-order valence-corrected chi connectivity index (χ1v) is 4.69. The van der Waals surface area contributed by atoms with E-state index in [0.29, 0.717) is 15.9 Å². The van der Waals surface area contributed by atoms with E-state index < -0.39 is 6.17 Å². The molecule has 1 atom stereocenters. The summed E-state index contributed by atoms with van der Waals surface area (Å²) < 4.78 is 12.9. The van der Waals surface area contributed by atoms with Crippen LogP contribution in [0.4, 0.5) is 4.39 Å². The highest BCUT2D eigenvalue weighted by molar-refractivity contribution is 9.09. The summed E-state index contributed by atoms with van der Waals surface area (Å²) in [6.45, 7) is 0. The molecule has 11 heavy (non-hydrogen) atoms. The standard InChI is InChI=1S/C8H7BrClF/c9-5-8(11)6-2-1-3-7(10)4-6/h1-4,8H,5H2. The molecule has 1 rings (SSSR count). The quantitative estimate of drug-likeness (QED) is 0.687. The zero-order valence-corrected chi connectivity index (χ0v) is 8.07. The van der Waals surface area contributed by atoms with E-state index in [9.17, 15) is 4.39 Å². The molecule has 0 bridgehead atoms. The van der Waals surface area contributed by atoms with Gasteiger partial charge in [0.1, 0.15) is 6.17 Å². The van der Waals surface area contributed by atoms with Crippen LogP contribution in [0.2, 0.25) is 5.02 Å². The Labute approximate surface area is 78.5 Å². The Kier molecular flexibility index (Phi) is 3.34. The van der Waals surface area contributed by atoms with Gasteiger partial charge < -0.3 is 0 Å². The molecule has 0 nitrogen and oxygen atoms in total. The third kappa shape index (κ3) is 2.46. The second-order valence-corrected chi connectivity index (χ2v) is 3.26. The summed E-state index contributed by atoms with van der Waals surface area (Å²) in [5.41, 5.74) is 0.620. The Balaban J connectivity index is 2.86. The fourth-order valence-corrected chi connectivity index (χ4v) is 1.36. The van der Waals surface area contributed by atoms with Gasteiger partial charge in [0.2, 0.25) is 0 Å². The first kappa shape index (κ1) is 9.01. The van der Waals surface area contributed by atoms with E-state index in [1.807, 2.05) is 0 Å². The molecule has 0 spiro atoms. The minimum atomic E-state index is -0.964. The Bertz CT molecular complexity index is 239. The summed E-state index contributed by atoms with van der Waals surface area (Å²) in [5, 5.41) is 0.888. The van der Waals surface area contributed by atoms with Crippen molar-refractivity contribution < 1.29 is 4.39 Å². The van der Waals surface area contributed by atoms with Crippen LogP contribution in [0.25, 0.3) is 0 Å². The number of alkyl halides is 2. The number of halogens is 3. The normalized spacial score (nSPS) is 13.0. The highest BCUT2D eigenvalue weighted by Gasteiger charge is 2.06. The SMILES string of the molecule is FC(CBr)c1cccc(Cl)c1. The van der Waals surface area contributed by atoms with Gasteiger partial charge in [-0.1, -0.05) is 39.7 Å². The molecule has 1 unspecified atom stereocenters. The molecule has 0 aliphatic heterocycles. The second-order valence-electron chi connectivity index (χ2n) is 2.18. The van der Waals surface area contributed by atoms with Gasteiger partial charge in [0, 0.05) is 10.4 Å². The molecule has 0 fully saturated rings. The molecule has 0 radical (unpaired) electrons. The molecule has 0 N–H and O–H groups in total. The lowest BCUT2D eigenvalue weighted by atomic mass is 10.1. The molecule has 3 heteroatoms. The molecule has 60 valence electrons. The van der Waals surface area contributed by atoms with Crippen LogP contribution in [0.5, 0.6) is 0 Å². The van der Waals surface area contributed by atoms with Gasteiger partial charge in [-0.25, -0.2) is 4.39 Å². The van der Waals surface area contributed by atoms with Crippen molar-refractivity contribution in [3.8, 4) is 0 Å². The molecular weight excluding hydrogens is 230 g/mol. The van der Waals surface area contributed by atoms with E-state index in [1.54, 1.807) is 24.3 Å². The molecule has 1 aromatic rings. The summed E-state index contributed by atoms with van der Waals surface area (Å²) in [6, 6.07) is 6.82. The van der Waals surface area contributed by atoms with Crippen molar-refractivity contribution in [2.24, 2.45) is 0 Å². The summed E-state index contributed by atoms with van der Waals surface area (Å²) in [6.07, 6.45) is -0.964. The smallest absolute Gasteiger partial charge is 0.135 e. The highest BCUT2D eigenvalue weighted by atomic mass is 79.9. The minimum Gasteiger partial charge on any atom is -0.241 e. The third-order valence-corrected chi connectivity index (χ3v) is 2.15. The minimum absolute atomic E-state index is 0.313. The summed E-state index contributed by atoms with van der Waals surface area (Å²) in [4.78, 5) is 0. The van der Waals surface area contributed by atoms with Crippen molar-refractivity contribution in [2.75, 3.05) is 5.33 Å². The van der Waals surface area contributed by atoms with E-state index >= 15 is 0 Å². The van der Waals surface area contributed by atoms with Crippen LogP contribution in [0.15, 0.2) is 24.3 Å². The zero-order valence-electron chi connectivity index (χ0n) is 5.73. The van der Waals surface area contributed by atoms with Gasteiger partial charge in [-0.3, -0.25) is 0 Å². The van der Waals surface area contributed by atoms with E-state index in [1.165, 1.54) is 0 Å². The van der Waals surface area contributed by atoms with Crippen molar-refractivity contribution in [3.63, 3.8) is 0 Å². The average molecular weight is 237 g/mol. The summed E-state index contributed by atoms with van der Waals surface area (Å²) in [5.74, 6) is 0. The summed E-state index contributed by atoms with van der Waals surface area (Å²) >= 11 is 8.72. The van der Waals surface area contributed by atoms with Crippen molar-refractivity contribution in [1.82, 2.24) is 0 Å².